The van der Waals surface area contributed by atoms with Crippen molar-refractivity contribution in [1.82, 2.24) is 9.88 Å². The first-order valence-electron chi connectivity index (χ1n) is 9.28. The Bertz CT molecular complexity index is 817. The summed E-state index contributed by atoms with van der Waals surface area (Å²) < 4.78 is 0. The van der Waals surface area contributed by atoms with Gasteiger partial charge in [-0.2, -0.15) is 0 Å². The molecule has 26 heavy (non-hydrogen) atoms. The van der Waals surface area contributed by atoms with Crippen LogP contribution in [0, 0.1) is 5.92 Å². The summed E-state index contributed by atoms with van der Waals surface area (Å²) in [6.45, 7) is 6.92. The van der Waals surface area contributed by atoms with Crippen LogP contribution in [0.25, 0.3) is 10.9 Å². The molecule has 1 aromatic heterocycles. The molecule has 1 saturated heterocycles. The minimum atomic E-state index is -0.461. The minimum Gasteiger partial charge on any atom is -0.366 e. The number of rotatable bonds is 5. The van der Waals surface area contributed by atoms with Gasteiger partial charge in [-0.15, -0.1) is 0 Å². The van der Waals surface area contributed by atoms with Crippen molar-refractivity contribution in [1.29, 1.82) is 0 Å². The standard InChI is InChI=1S/C20H26N4O2/c1-3-23(4-2)20(26)14-8-7-11-24(13-14)18-12-16(19(21)25)15-9-5-6-10-17(15)22-18/h5-6,9-10,12,14H,3-4,7-8,11,13H2,1-2H3,(H2,21,25). The Hall–Kier alpha value is -2.63. The molecule has 2 N–H and O–H groups in total. The minimum absolute atomic E-state index is 0.0334. The molecule has 0 bridgehead atoms. The van der Waals surface area contributed by atoms with Crippen molar-refractivity contribution in [2.45, 2.75) is 26.7 Å². The number of fused-ring (bicyclic) bond motifs is 1. The molecule has 2 heterocycles. The zero-order valence-corrected chi connectivity index (χ0v) is 15.4. The van der Waals surface area contributed by atoms with Gasteiger partial charge in [-0.3, -0.25) is 9.59 Å². The lowest BCUT2D eigenvalue weighted by molar-refractivity contribution is -0.135. The van der Waals surface area contributed by atoms with Crippen LogP contribution >= 0.6 is 0 Å². The van der Waals surface area contributed by atoms with E-state index in [0.717, 1.165) is 49.2 Å². The second-order valence-corrected chi connectivity index (χ2v) is 6.71. The third-order valence-electron chi connectivity index (χ3n) is 5.14. The lowest BCUT2D eigenvalue weighted by Crippen LogP contribution is -2.45. The van der Waals surface area contributed by atoms with E-state index < -0.39 is 5.91 Å². The maximum Gasteiger partial charge on any atom is 0.249 e. The van der Waals surface area contributed by atoms with Crippen LogP contribution in [0.3, 0.4) is 0 Å². The van der Waals surface area contributed by atoms with E-state index in [2.05, 4.69) is 4.90 Å². The number of carbonyl (C=O) groups is 2. The molecule has 6 nitrogen and oxygen atoms in total. The fraction of sp³-hybridized carbons (Fsp3) is 0.450. The van der Waals surface area contributed by atoms with Gasteiger partial charge in [-0.05, 0) is 38.8 Å². The molecule has 0 radical (unpaired) electrons. The number of nitrogens with two attached hydrogens (primary N) is 1. The van der Waals surface area contributed by atoms with Crippen molar-refractivity contribution >= 4 is 28.5 Å². The van der Waals surface area contributed by atoms with Gasteiger partial charge in [0, 0.05) is 31.6 Å². The highest BCUT2D eigenvalue weighted by Crippen LogP contribution is 2.27. The van der Waals surface area contributed by atoms with E-state index in [4.69, 9.17) is 10.7 Å². The summed E-state index contributed by atoms with van der Waals surface area (Å²) in [5.74, 6) is 0.428. The van der Waals surface area contributed by atoms with Crippen LogP contribution in [0.15, 0.2) is 30.3 Å². The molecule has 0 spiro atoms. The Morgan fingerprint density at radius 2 is 2.00 bits per heavy atom. The average molecular weight is 354 g/mol. The summed E-state index contributed by atoms with van der Waals surface area (Å²) in [4.78, 5) is 33.3. The summed E-state index contributed by atoms with van der Waals surface area (Å²) in [6, 6.07) is 9.26. The van der Waals surface area contributed by atoms with Gasteiger partial charge in [0.1, 0.15) is 5.82 Å². The summed E-state index contributed by atoms with van der Waals surface area (Å²) in [5, 5.41) is 0.761. The van der Waals surface area contributed by atoms with Crippen LogP contribution in [0.4, 0.5) is 5.82 Å². The van der Waals surface area contributed by atoms with Gasteiger partial charge >= 0.3 is 0 Å². The van der Waals surface area contributed by atoms with E-state index in [-0.39, 0.29) is 11.8 Å². The lowest BCUT2D eigenvalue weighted by atomic mass is 9.96. The monoisotopic (exact) mass is 354 g/mol. The SMILES string of the molecule is CCN(CC)C(=O)C1CCCN(c2cc(C(N)=O)c3ccccc3n2)C1. The number of para-hydroxylation sites is 1. The normalized spacial score (nSPS) is 17.3. The predicted molar refractivity (Wildman–Crippen MR) is 103 cm³/mol. The summed E-state index contributed by atoms with van der Waals surface area (Å²) in [5.41, 5.74) is 6.80. The van der Waals surface area contributed by atoms with Gasteiger partial charge in [-0.25, -0.2) is 4.98 Å². The second kappa shape index (κ2) is 7.72. The highest BCUT2D eigenvalue weighted by Gasteiger charge is 2.29. The van der Waals surface area contributed by atoms with Gasteiger partial charge in [-0.1, -0.05) is 18.2 Å². The fourth-order valence-electron chi connectivity index (χ4n) is 3.71. The van der Waals surface area contributed by atoms with Crippen LogP contribution in [0.5, 0.6) is 0 Å². The molecule has 1 fully saturated rings. The van der Waals surface area contributed by atoms with Gasteiger partial charge in [0.05, 0.1) is 17.0 Å². The Labute approximate surface area is 154 Å². The number of amides is 2. The van der Waals surface area contributed by atoms with Crippen molar-refractivity contribution in [2.24, 2.45) is 11.7 Å². The van der Waals surface area contributed by atoms with E-state index in [0.29, 0.717) is 12.1 Å². The predicted octanol–water partition coefficient (Wildman–Crippen LogP) is 2.42. The zero-order chi connectivity index (χ0) is 18.7. The smallest absolute Gasteiger partial charge is 0.249 e. The van der Waals surface area contributed by atoms with Gasteiger partial charge in [0.15, 0.2) is 0 Å². The first-order chi connectivity index (χ1) is 12.5. The van der Waals surface area contributed by atoms with Crippen LogP contribution in [0.2, 0.25) is 0 Å². The summed E-state index contributed by atoms with van der Waals surface area (Å²) in [6.07, 6.45) is 1.82. The van der Waals surface area contributed by atoms with Crippen molar-refractivity contribution < 1.29 is 9.59 Å². The molecular formula is C20H26N4O2. The molecule has 0 aliphatic carbocycles. The Balaban J connectivity index is 1.91. The number of carbonyl (C=O) groups excluding carboxylic acids is 2. The average Bonchev–Trinajstić information content (AvgIpc) is 2.68. The molecule has 1 aliphatic rings. The highest BCUT2D eigenvalue weighted by molar-refractivity contribution is 6.06. The van der Waals surface area contributed by atoms with Crippen LogP contribution < -0.4 is 10.6 Å². The van der Waals surface area contributed by atoms with Crippen molar-refractivity contribution in [3.05, 3.63) is 35.9 Å². The number of hydrogen-bond acceptors (Lipinski definition) is 4. The molecule has 1 atom stereocenters. The molecule has 0 saturated carbocycles. The number of nitrogens with zero attached hydrogens (tertiary/aromatic N) is 3. The second-order valence-electron chi connectivity index (χ2n) is 6.71. The van der Waals surface area contributed by atoms with Gasteiger partial charge < -0.3 is 15.5 Å². The number of pyridine rings is 1. The fourth-order valence-corrected chi connectivity index (χ4v) is 3.71. The van der Waals surface area contributed by atoms with E-state index in [1.54, 1.807) is 6.07 Å². The number of hydrogen-bond donors (Lipinski definition) is 1. The molecule has 2 amide bonds. The van der Waals surface area contributed by atoms with Crippen LogP contribution in [0.1, 0.15) is 37.0 Å². The third-order valence-corrected chi connectivity index (χ3v) is 5.14. The van der Waals surface area contributed by atoms with Crippen molar-refractivity contribution in [2.75, 3.05) is 31.1 Å². The lowest BCUT2D eigenvalue weighted by Gasteiger charge is -2.35. The Morgan fingerprint density at radius 3 is 2.69 bits per heavy atom. The molecule has 1 aliphatic heterocycles. The number of piperidine rings is 1. The molecule has 1 aromatic carbocycles. The third kappa shape index (κ3) is 3.49. The molecule has 1 unspecified atom stereocenters. The van der Waals surface area contributed by atoms with Gasteiger partial charge in [0.2, 0.25) is 11.8 Å². The molecule has 6 heteroatoms. The Morgan fingerprint density at radius 1 is 1.27 bits per heavy atom. The maximum absolute atomic E-state index is 12.7. The van der Waals surface area contributed by atoms with Crippen LogP contribution in [-0.4, -0.2) is 47.9 Å². The summed E-state index contributed by atoms with van der Waals surface area (Å²) in [7, 11) is 0. The zero-order valence-electron chi connectivity index (χ0n) is 15.4. The summed E-state index contributed by atoms with van der Waals surface area (Å²) >= 11 is 0. The first-order valence-corrected chi connectivity index (χ1v) is 9.28. The number of benzene rings is 1. The number of anilines is 1. The number of aromatic nitrogens is 1. The molecule has 2 aromatic rings. The van der Waals surface area contributed by atoms with Crippen LogP contribution in [-0.2, 0) is 4.79 Å². The van der Waals surface area contributed by atoms with E-state index in [1.807, 2.05) is 43.0 Å². The van der Waals surface area contributed by atoms with E-state index >= 15 is 0 Å². The Kier molecular flexibility index (Phi) is 5.40. The van der Waals surface area contributed by atoms with E-state index in [1.165, 1.54) is 0 Å². The molecule has 3 rings (SSSR count). The van der Waals surface area contributed by atoms with Crippen molar-refractivity contribution in [3.63, 3.8) is 0 Å². The maximum atomic E-state index is 12.7. The largest absolute Gasteiger partial charge is 0.366 e. The number of primary amides is 1. The van der Waals surface area contributed by atoms with E-state index in [9.17, 15) is 9.59 Å². The topological polar surface area (TPSA) is 79.5 Å². The molecular weight excluding hydrogens is 328 g/mol. The van der Waals surface area contributed by atoms with Gasteiger partial charge in [0.25, 0.3) is 0 Å². The van der Waals surface area contributed by atoms with Crippen molar-refractivity contribution in [3.8, 4) is 0 Å². The quantitative estimate of drug-likeness (QED) is 0.894. The first kappa shape index (κ1) is 18.2. The highest BCUT2D eigenvalue weighted by atomic mass is 16.2. The molecule has 138 valence electrons.